The fourth-order valence-electron chi connectivity index (χ4n) is 1.70. The molecule has 0 unspecified atom stereocenters. The van der Waals surface area contributed by atoms with Crippen LogP contribution in [0, 0.1) is 20.2 Å². The fraction of sp³-hybridized carbons (Fsp3) is 0.455. The van der Waals surface area contributed by atoms with Crippen molar-refractivity contribution in [2.75, 3.05) is 13.2 Å². The topological polar surface area (TPSA) is 105 Å². The Balaban J connectivity index is 3.59. The van der Waals surface area contributed by atoms with Gasteiger partial charge in [0.1, 0.15) is 0 Å². The molecule has 0 N–H and O–H groups in total. The van der Waals surface area contributed by atoms with E-state index in [9.17, 15) is 20.2 Å². The first-order chi connectivity index (χ1) is 9.37. The molecule has 1 aromatic carbocycles. The third-order valence-corrected chi connectivity index (χ3v) is 2.78. The van der Waals surface area contributed by atoms with E-state index in [0.29, 0.717) is 0 Å². The predicted octanol–water partition coefficient (Wildman–Crippen LogP) is 2.93. The number of benzene rings is 1. The largest absolute Gasteiger partial charge is 0.333 e. The van der Waals surface area contributed by atoms with Crippen LogP contribution in [0.25, 0.3) is 0 Å². The van der Waals surface area contributed by atoms with Crippen LogP contribution in [-0.2, 0) is 14.7 Å². The number of halogens is 1. The number of rotatable bonds is 7. The van der Waals surface area contributed by atoms with Gasteiger partial charge in [0.25, 0.3) is 16.6 Å². The number of nitrogens with zero attached hydrogens (tertiary/aromatic N) is 2. The number of hydrogen-bond donors (Lipinski definition) is 0. The van der Waals surface area contributed by atoms with Gasteiger partial charge in [-0.3, -0.25) is 20.2 Å². The second-order valence-corrected chi connectivity index (χ2v) is 4.09. The van der Waals surface area contributed by atoms with Crippen LogP contribution in [0.4, 0.5) is 11.4 Å². The molecule has 110 valence electrons. The quantitative estimate of drug-likeness (QED) is 0.332. The maximum absolute atomic E-state index is 11.1. The van der Waals surface area contributed by atoms with Gasteiger partial charge in [-0.15, -0.1) is 0 Å². The molecule has 8 nitrogen and oxygen atoms in total. The average molecular weight is 305 g/mol. The van der Waals surface area contributed by atoms with Gasteiger partial charge in [0.05, 0.1) is 9.85 Å². The summed E-state index contributed by atoms with van der Waals surface area (Å²) in [6.45, 7) is 3.31. The van der Waals surface area contributed by atoms with Gasteiger partial charge in [-0.1, -0.05) is 11.6 Å². The number of alkyl halides is 1. The van der Waals surface area contributed by atoms with Crippen molar-refractivity contribution in [2.45, 2.75) is 19.1 Å². The minimum atomic E-state index is -2.07. The predicted molar refractivity (Wildman–Crippen MR) is 70.5 cm³/mol. The van der Waals surface area contributed by atoms with Gasteiger partial charge in [0.2, 0.25) is 0 Å². The van der Waals surface area contributed by atoms with Crippen LogP contribution in [-0.4, -0.2) is 23.1 Å². The van der Waals surface area contributed by atoms with Gasteiger partial charge in [-0.2, -0.15) is 0 Å². The molecule has 0 fully saturated rings. The van der Waals surface area contributed by atoms with Crippen molar-refractivity contribution in [3.63, 3.8) is 0 Å². The molecule has 0 amide bonds. The Bertz CT molecular complexity index is 483. The van der Waals surface area contributed by atoms with Crippen LogP contribution < -0.4 is 0 Å². The Labute approximate surface area is 119 Å². The number of nitro benzene ring substituents is 2. The third-order valence-electron chi connectivity index (χ3n) is 2.37. The first-order valence-electron chi connectivity index (χ1n) is 5.76. The molecule has 0 saturated heterocycles. The summed E-state index contributed by atoms with van der Waals surface area (Å²) < 4.78 is 10.3. The highest BCUT2D eigenvalue weighted by atomic mass is 35.5. The van der Waals surface area contributed by atoms with E-state index in [1.807, 2.05) is 0 Å². The smallest absolute Gasteiger partial charge is 0.290 e. The van der Waals surface area contributed by atoms with Crippen molar-refractivity contribution < 1.29 is 19.3 Å². The van der Waals surface area contributed by atoms with Crippen LogP contribution in [0.5, 0.6) is 0 Å². The molecule has 20 heavy (non-hydrogen) atoms. The van der Waals surface area contributed by atoms with E-state index in [1.54, 1.807) is 13.8 Å². The second kappa shape index (κ2) is 6.60. The van der Waals surface area contributed by atoms with Crippen molar-refractivity contribution in [2.24, 2.45) is 0 Å². The van der Waals surface area contributed by atoms with Crippen molar-refractivity contribution in [3.8, 4) is 0 Å². The molecule has 0 aliphatic rings. The molecule has 1 rings (SSSR count). The second-order valence-electron chi connectivity index (χ2n) is 3.59. The van der Waals surface area contributed by atoms with Crippen LogP contribution in [0.2, 0.25) is 0 Å². The van der Waals surface area contributed by atoms with Crippen LogP contribution in [0.3, 0.4) is 0 Å². The molecule has 0 aliphatic carbocycles. The van der Waals surface area contributed by atoms with Gasteiger partial charge in [0, 0.05) is 25.3 Å². The molecular formula is C11H13ClN2O6. The van der Waals surface area contributed by atoms with E-state index >= 15 is 0 Å². The van der Waals surface area contributed by atoms with Crippen molar-refractivity contribution >= 4 is 23.0 Å². The summed E-state index contributed by atoms with van der Waals surface area (Å²) in [5.74, 6) is 0. The summed E-state index contributed by atoms with van der Waals surface area (Å²) in [5.41, 5.74) is -1.48. The van der Waals surface area contributed by atoms with Crippen molar-refractivity contribution in [1.29, 1.82) is 0 Å². The summed E-state index contributed by atoms with van der Waals surface area (Å²) in [6.07, 6.45) is 0. The minimum absolute atomic E-state index is 0.0622. The molecule has 0 saturated carbocycles. The Morgan fingerprint density at radius 3 is 1.80 bits per heavy atom. The summed E-state index contributed by atoms with van der Waals surface area (Å²) in [6, 6.07) is 3.42. The zero-order chi connectivity index (χ0) is 15.3. The maximum Gasteiger partial charge on any atom is 0.290 e. The lowest BCUT2D eigenvalue weighted by molar-refractivity contribution is -0.399. The van der Waals surface area contributed by atoms with Crippen LogP contribution >= 0.6 is 11.6 Å². The molecule has 0 bridgehead atoms. The lowest BCUT2D eigenvalue weighted by Crippen LogP contribution is -2.29. The van der Waals surface area contributed by atoms with E-state index in [4.69, 9.17) is 21.1 Å². The molecule has 9 heteroatoms. The molecule has 0 aromatic heterocycles. The number of nitro groups is 2. The lowest BCUT2D eigenvalue weighted by Gasteiger charge is -2.25. The van der Waals surface area contributed by atoms with E-state index < -0.39 is 32.0 Å². The van der Waals surface area contributed by atoms with Crippen molar-refractivity contribution in [1.82, 2.24) is 0 Å². The highest BCUT2D eigenvalue weighted by Crippen LogP contribution is 2.43. The van der Waals surface area contributed by atoms with Gasteiger partial charge >= 0.3 is 0 Å². The first kappa shape index (κ1) is 16.3. The summed E-state index contributed by atoms with van der Waals surface area (Å²) in [4.78, 5) is 20.6. The third kappa shape index (κ3) is 3.21. The lowest BCUT2D eigenvalue weighted by atomic mass is 10.1. The Morgan fingerprint density at radius 2 is 1.50 bits per heavy atom. The number of hydrogen-bond acceptors (Lipinski definition) is 6. The molecule has 1 aromatic rings. The molecule has 0 spiro atoms. The summed E-state index contributed by atoms with van der Waals surface area (Å²) >= 11 is 6.11. The van der Waals surface area contributed by atoms with Crippen LogP contribution in [0.1, 0.15) is 19.4 Å². The van der Waals surface area contributed by atoms with E-state index in [-0.39, 0.29) is 13.2 Å². The first-order valence-corrected chi connectivity index (χ1v) is 6.14. The van der Waals surface area contributed by atoms with Crippen molar-refractivity contribution in [3.05, 3.63) is 44.0 Å². The van der Waals surface area contributed by atoms with Gasteiger partial charge in [0.15, 0.2) is 5.56 Å². The molecule has 0 heterocycles. The molecular weight excluding hydrogens is 292 g/mol. The van der Waals surface area contributed by atoms with E-state index in [0.717, 1.165) is 12.1 Å². The van der Waals surface area contributed by atoms with Gasteiger partial charge in [-0.25, -0.2) is 0 Å². The Morgan fingerprint density at radius 1 is 1.10 bits per heavy atom. The number of ether oxygens (including phenoxy) is 2. The van der Waals surface area contributed by atoms with E-state index in [1.165, 1.54) is 6.07 Å². The maximum atomic E-state index is 11.1. The highest BCUT2D eigenvalue weighted by Gasteiger charge is 2.44. The highest BCUT2D eigenvalue weighted by molar-refractivity contribution is 6.22. The molecule has 0 aliphatic heterocycles. The summed E-state index contributed by atoms with van der Waals surface area (Å²) in [5, 5.41) is 20.1. The average Bonchev–Trinajstić information content (AvgIpc) is 2.38. The summed E-state index contributed by atoms with van der Waals surface area (Å²) in [7, 11) is 0. The van der Waals surface area contributed by atoms with Gasteiger partial charge < -0.3 is 9.47 Å². The van der Waals surface area contributed by atoms with Gasteiger partial charge in [-0.05, 0) is 19.9 Å². The molecule has 0 atom stereocenters. The molecule has 0 radical (unpaired) electrons. The minimum Gasteiger partial charge on any atom is -0.333 e. The fourth-order valence-corrected chi connectivity index (χ4v) is 2.11. The SMILES string of the molecule is CCOC(Cl)(OCC)c1c([N+](=O)[O-])cccc1[N+](=O)[O-]. The van der Waals surface area contributed by atoms with E-state index in [2.05, 4.69) is 0 Å². The monoisotopic (exact) mass is 304 g/mol. The zero-order valence-corrected chi connectivity index (χ0v) is 11.6. The zero-order valence-electron chi connectivity index (χ0n) is 10.9. The standard InChI is InChI=1S/C11H13ClN2O6/c1-3-19-11(12,20-4-2)10-8(13(15)16)6-5-7-9(10)14(17)18/h5-7H,3-4H2,1-2H3. The Kier molecular flexibility index (Phi) is 5.37. The van der Waals surface area contributed by atoms with Crippen LogP contribution in [0.15, 0.2) is 18.2 Å². The normalized spacial score (nSPS) is 11.3. The Hall–Kier alpha value is -1.77.